The van der Waals surface area contributed by atoms with Gasteiger partial charge in [0.15, 0.2) is 0 Å². The van der Waals surface area contributed by atoms with Crippen LogP contribution in [0, 0.1) is 0 Å². The van der Waals surface area contributed by atoms with E-state index in [9.17, 15) is 5.11 Å². The number of phenols is 1. The summed E-state index contributed by atoms with van der Waals surface area (Å²) in [5.41, 5.74) is 1.23. The monoisotopic (exact) mass is 233 g/mol. The second kappa shape index (κ2) is 5.14. The van der Waals surface area contributed by atoms with Gasteiger partial charge in [-0.05, 0) is 42.6 Å². The van der Waals surface area contributed by atoms with Crippen LogP contribution in [0.2, 0.25) is 0 Å². The Balaban J connectivity index is 2.10. The largest absolute Gasteiger partial charge is 0.508 e. The molecule has 0 amide bonds. The molecule has 1 atom stereocenters. The minimum Gasteiger partial charge on any atom is -0.508 e. The zero-order valence-electron chi connectivity index (χ0n) is 9.18. The number of likely N-dealkylation sites (N-methyl/N-ethyl adjacent to an activating group) is 1. The Bertz CT molecular complexity index is 422. The third-order valence-corrected chi connectivity index (χ3v) is 3.60. The summed E-state index contributed by atoms with van der Waals surface area (Å²) >= 11 is 1.77. The molecular formula is C13H15NOS. The summed E-state index contributed by atoms with van der Waals surface area (Å²) in [5.74, 6) is 0.320. The quantitative estimate of drug-likeness (QED) is 0.851. The van der Waals surface area contributed by atoms with E-state index in [1.165, 1.54) is 10.4 Å². The van der Waals surface area contributed by atoms with Crippen LogP contribution in [0.15, 0.2) is 41.8 Å². The Kier molecular flexibility index (Phi) is 3.59. The van der Waals surface area contributed by atoms with Crippen molar-refractivity contribution in [2.75, 3.05) is 7.05 Å². The molecule has 3 heteroatoms. The molecule has 1 heterocycles. The van der Waals surface area contributed by atoms with Crippen molar-refractivity contribution in [3.05, 3.63) is 52.2 Å². The van der Waals surface area contributed by atoms with Crippen molar-refractivity contribution in [1.29, 1.82) is 0 Å². The summed E-state index contributed by atoms with van der Waals surface area (Å²) < 4.78 is 0. The molecule has 0 saturated carbocycles. The van der Waals surface area contributed by atoms with Crippen LogP contribution in [0.25, 0.3) is 0 Å². The number of benzene rings is 1. The van der Waals surface area contributed by atoms with Crippen LogP contribution in [0.5, 0.6) is 5.75 Å². The highest BCUT2D eigenvalue weighted by Gasteiger charge is 2.10. The number of hydrogen-bond donors (Lipinski definition) is 2. The number of hydrogen-bond acceptors (Lipinski definition) is 3. The highest BCUT2D eigenvalue weighted by Crippen LogP contribution is 2.23. The molecule has 0 aliphatic heterocycles. The maximum absolute atomic E-state index is 9.22. The van der Waals surface area contributed by atoms with Gasteiger partial charge in [0, 0.05) is 10.9 Å². The molecule has 2 aromatic rings. The molecular weight excluding hydrogens is 218 g/mol. The van der Waals surface area contributed by atoms with Crippen LogP contribution in [-0.2, 0) is 6.42 Å². The molecule has 2 rings (SSSR count). The van der Waals surface area contributed by atoms with E-state index in [4.69, 9.17) is 0 Å². The molecule has 16 heavy (non-hydrogen) atoms. The van der Waals surface area contributed by atoms with Crippen LogP contribution in [0.3, 0.4) is 0 Å². The molecule has 1 aromatic carbocycles. The predicted molar refractivity (Wildman–Crippen MR) is 67.9 cm³/mol. The van der Waals surface area contributed by atoms with E-state index in [1.54, 1.807) is 23.5 Å². The van der Waals surface area contributed by atoms with Crippen molar-refractivity contribution in [1.82, 2.24) is 5.32 Å². The summed E-state index contributed by atoms with van der Waals surface area (Å²) in [5, 5.41) is 14.6. The molecule has 2 N–H and O–H groups in total. The first kappa shape index (κ1) is 11.2. The third-order valence-electron chi connectivity index (χ3n) is 2.61. The Morgan fingerprint density at radius 1 is 1.25 bits per heavy atom. The van der Waals surface area contributed by atoms with Crippen molar-refractivity contribution in [3.63, 3.8) is 0 Å². The molecule has 1 aromatic heterocycles. The van der Waals surface area contributed by atoms with Crippen LogP contribution < -0.4 is 5.32 Å². The molecule has 0 aliphatic carbocycles. The minimum atomic E-state index is 0.320. The summed E-state index contributed by atoms with van der Waals surface area (Å²) in [6, 6.07) is 12.0. The van der Waals surface area contributed by atoms with Gasteiger partial charge in [-0.25, -0.2) is 0 Å². The van der Waals surface area contributed by atoms with Gasteiger partial charge in [-0.3, -0.25) is 0 Å². The van der Waals surface area contributed by atoms with Crippen LogP contribution >= 0.6 is 11.3 Å². The average molecular weight is 233 g/mol. The van der Waals surface area contributed by atoms with Gasteiger partial charge in [0.2, 0.25) is 0 Å². The lowest BCUT2D eigenvalue weighted by Crippen LogP contribution is -2.17. The van der Waals surface area contributed by atoms with Crippen LogP contribution in [0.1, 0.15) is 16.5 Å². The van der Waals surface area contributed by atoms with E-state index >= 15 is 0 Å². The SMILES string of the molecule is CNC(Cc1ccc(O)cc1)c1cccs1. The fraction of sp³-hybridized carbons (Fsp3) is 0.231. The number of thiophene rings is 1. The van der Waals surface area contributed by atoms with E-state index in [1.807, 2.05) is 19.2 Å². The lowest BCUT2D eigenvalue weighted by Gasteiger charge is -2.14. The van der Waals surface area contributed by atoms with Gasteiger partial charge < -0.3 is 10.4 Å². The maximum atomic E-state index is 9.22. The number of rotatable bonds is 4. The van der Waals surface area contributed by atoms with Crippen molar-refractivity contribution in [3.8, 4) is 5.75 Å². The second-order valence-corrected chi connectivity index (χ2v) is 4.71. The van der Waals surface area contributed by atoms with Gasteiger partial charge in [-0.2, -0.15) is 0 Å². The zero-order chi connectivity index (χ0) is 11.4. The molecule has 1 unspecified atom stereocenters. The molecule has 0 fully saturated rings. The topological polar surface area (TPSA) is 32.3 Å². The smallest absolute Gasteiger partial charge is 0.115 e. The molecule has 84 valence electrons. The highest BCUT2D eigenvalue weighted by molar-refractivity contribution is 7.10. The zero-order valence-corrected chi connectivity index (χ0v) is 10.00. The Labute approximate surface area is 99.6 Å². The molecule has 2 nitrogen and oxygen atoms in total. The van der Waals surface area contributed by atoms with Crippen LogP contribution in [-0.4, -0.2) is 12.2 Å². The standard InChI is InChI=1S/C13H15NOS/c1-14-12(13-3-2-8-16-13)9-10-4-6-11(15)7-5-10/h2-8,12,14-15H,9H2,1H3. The normalized spacial score (nSPS) is 12.6. The van der Waals surface area contributed by atoms with Crippen molar-refractivity contribution >= 4 is 11.3 Å². The summed E-state index contributed by atoms with van der Waals surface area (Å²) in [7, 11) is 1.98. The van der Waals surface area contributed by atoms with Crippen molar-refractivity contribution in [2.24, 2.45) is 0 Å². The lowest BCUT2D eigenvalue weighted by atomic mass is 10.0. The van der Waals surface area contributed by atoms with Crippen molar-refractivity contribution in [2.45, 2.75) is 12.5 Å². The van der Waals surface area contributed by atoms with E-state index < -0.39 is 0 Å². The van der Waals surface area contributed by atoms with E-state index in [2.05, 4.69) is 22.8 Å². The van der Waals surface area contributed by atoms with Gasteiger partial charge in [-0.1, -0.05) is 18.2 Å². The lowest BCUT2D eigenvalue weighted by molar-refractivity contribution is 0.475. The first-order valence-corrected chi connectivity index (χ1v) is 6.16. The second-order valence-electron chi connectivity index (χ2n) is 3.73. The van der Waals surface area contributed by atoms with Crippen molar-refractivity contribution < 1.29 is 5.11 Å². The summed E-state index contributed by atoms with van der Waals surface area (Å²) in [4.78, 5) is 1.34. The van der Waals surface area contributed by atoms with Gasteiger partial charge in [0.1, 0.15) is 5.75 Å². The molecule has 0 aliphatic rings. The van der Waals surface area contributed by atoms with E-state index in [0.717, 1.165) is 6.42 Å². The Morgan fingerprint density at radius 3 is 2.56 bits per heavy atom. The van der Waals surface area contributed by atoms with E-state index in [0.29, 0.717) is 11.8 Å². The van der Waals surface area contributed by atoms with Gasteiger partial charge in [0.25, 0.3) is 0 Å². The Morgan fingerprint density at radius 2 is 2.00 bits per heavy atom. The highest BCUT2D eigenvalue weighted by atomic mass is 32.1. The number of phenolic OH excluding ortho intramolecular Hbond substituents is 1. The van der Waals surface area contributed by atoms with Gasteiger partial charge in [0.05, 0.1) is 0 Å². The van der Waals surface area contributed by atoms with Gasteiger partial charge >= 0.3 is 0 Å². The number of aromatic hydroxyl groups is 1. The number of nitrogens with one attached hydrogen (secondary N) is 1. The first-order valence-electron chi connectivity index (χ1n) is 5.28. The molecule has 0 saturated heterocycles. The Hall–Kier alpha value is -1.32. The summed E-state index contributed by atoms with van der Waals surface area (Å²) in [6.07, 6.45) is 0.942. The van der Waals surface area contributed by atoms with E-state index in [-0.39, 0.29) is 0 Å². The molecule has 0 radical (unpaired) electrons. The minimum absolute atomic E-state index is 0.320. The fourth-order valence-electron chi connectivity index (χ4n) is 1.70. The molecule has 0 bridgehead atoms. The molecule has 0 spiro atoms. The third kappa shape index (κ3) is 2.62. The predicted octanol–water partition coefficient (Wildman–Crippen LogP) is 2.96. The first-order chi connectivity index (χ1) is 7.79. The summed E-state index contributed by atoms with van der Waals surface area (Å²) in [6.45, 7) is 0. The van der Waals surface area contributed by atoms with Gasteiger partial charge in [-0.15, -0.1) is 11.3 Å². The van der Waals surface area contributed by atoms with Crippen LogP contribution in [0.4, 0.5) is 0 Å². The fourth-order valence-corrected chi connectivity index (χ4v) is 2.54. The maximum Gasteiger partial charge on any atom is 0.115 e. The average Bonchev–Trinajstić information content (AvgIpc) is 2.82.